The van der Waals surface area contributed by atoms with E-state index < -0.39 is 5.91 Å². The summed E-state index contributed by atoms with van der Waals surface area (Å²) in [5.41, 5.74) is 2.06. The molecule has 0 aliphatic carbocycles. The van der Waals surface area contributed by atoms with E-state index in [-0.39, 0.29) is 16.9 Å². The second-order valence-electron chi connectivity index (χ2n) is 6.77. The van der Waals surface area contributed by atoms with Gasteiger partial charge in [-0.25, -0.2) is 0 Å². The maximum atomic E-state index is 12.1. The quantitative estimate of drug-likeness (QED) is 0.372. The molecule has 0 atom stereocenters. The first-order chi connectivity index (χ1) is 14.9. The molecule has 0 spiro atoms. The van der Waals surface area contributed by atoms with Gasteiger partial charge in [0.05, 0.1) is 11.1 Å². The second-order valence-corrected chi connectivity index (χ2v) is 7.18. The largest absolute Gasteiger partial charge is 0.457 e. The molecular weight excluding hydrogens is 414 g/mol. The summed E-state index contributed by atoms with van der Waals surface area (Å²) in [7, 11) is 1.43. The summed E-state index contributed by atoms with van der Waals surface area (Å²) < 4.78 is 5.71. The molecule has 3 aromatic rings. The van der Waals surface area contributed by atoms with E-state index in [0.717, 1.165) is 10.5 Å². The van der Waals surface area contributed by atoms with E-state index >= 15 is 0 Å². The number of hydrogen-bond donors (Lipinski definition) is 2. The Labute approximate surface area is 183 Å². The van der Waals surface area contributed by atoms with Crippen LogP contribution >= 0.6 is 12.2 Å². The van der Waals surface area contributed by atoms with Crippen molar-refractivity contribution in [1.29, 1.82) is 0 Å². The molecule has 31 heavy (non-hydrogen) atoms. The monoisotopic (exact) mass is 431 g/mol. The Hall–Kier alpha value is -4.04. The van der Waals surface area contributed by atoms with Crippen LogP contribution in [0, 0.1) is 0 Å². The normalized spacial score (nSPS) is 12.9. The molecule has 3 amide bonds. The van der Waals surface area contributed by atoms with E-state index in [4.69, 9.17) is 16.6 Å². The number of imide groups is 1. The Bertz CT molecular complexity index is 1230. The molecule has 2 N–H and O–H groups in total. The predicted molar refractivity (Wildman–Crippen MR) is 120 cm³/mol. The van der Waals surface area contributed by atoms with Crippen LogP contribution in [-0.2, 0) is 4.79 Å². The highest BCUT2D eigenvalue weighted by molar-refractivity contribution is 7.80. The van der Waals surface area contributed by atoms with Gasteiger partial charge in [-0.2, -0.15) is 0 Å². The molecule has 8 heteroatoms. The summed E-state index contributed by atoms with van der Waals surface area (Å²) in [6.07, 6.45) is 2.85. The van der Waals surface area contributed by atoms with Crippen LogP contribution in [0.1, 0.15) is 26.5 Å². The Kier molecular flexibility index (Phi) is 5.46. The lowest BCUT2D eigenvalue weighted by atomic mass is 10.1. The summed E-state index contributed by atoms with van der Waals surface area (Å²) in [4.78, 5) is 37.2. The second kappa shape index (κ2) is 8.37. The highest BCUT2D eigenvalue weighted by Gasteiger charge is 2.32. The molecule has 0 fully saturated rings. The number of carbonyl (C=O) groups is 3. The van der Waals surface area contributed by atoms with Gasteiger partial charge in [-0.3, -0.25) is 24.6 Å². The summed E-state index contributed by atoms with van der Waals surface area (Å²) in [6, 6.07) is 17.9. The molecule has 0 radical (unpaired) electrons. The number of fused-ring (bicyclic) bond motifs is 1. The number of rotatable bonds is 4. The molecule has 1 aliphatic heterocycles. The maximum absolute atomic E-state index is 12.1. The fourth-order valence-electron chi connectivity index (χ4n) is 3.11. The molecule has 1 aromatic heterocycles. The first-order valence-electron chi connectivity index (χ1n) is 9.34. The highest BCUT2D eigenvalue weighted by Crippen LogP contribution is 2.25. The van der Waals surface area contributed by atoms with Crippen molar-refractivity contribution in [2.75, 3.05) is 12.4 Å². The Morgan fingerprint density at radius 3 is 2.52 bits per heavy atom. The van der Waals surface area contributed by atoms with Crippen LogP contribution in [0.5, 0.6) is 0 Å². The van der Waals surface area contributed by atoms with Gasteiger partial charge in [0.1, 0.15) is 11.5 Å². The van der Waals surface area contributed by atoms with Crippen molar-refractivity contribution in [1.82, 2.24) is 10.2 Å². The molecule has 4 rings (SSSR count). The number of carbonyl (C=O) groups excluding carboxylic acids is 3. The average molecular weight is 431 g/mol. The summed E-state index contributed by atoms with van der Waals surface area (Å²) in [5.74, 6) is 0.0602. The number of benzene rings is 2. The van der Waals surface area contributed by atoms with Gasteiger partial charge in [0.25, 0.3) is 11.8 Å². The topological polar surface area (TPSA) is 91.7 Å². The molecule has 1 aliphatic rings. The minimum Gasteiger partial charge on any atom is -0.457 e. The van der Waals surface area contributed by atoms with E-state index in [9.17, 15) is 14.4 Å². The number of amides is 3. The van der Waals surface area contributed by atoms with E-state index in [1.807, 2.05) is 36.4 Å². The average Bonchev–Trinajstić information content (AvgIpc) is 3.33. The predicted octanol–water partition coefficient (Wildman–Crippen LogP) is 3.70. The van der Waals surface area contributed by atoms with Crippen molar-refractivity contribution in [3.8, 4) is 11.3 Å². The van der Waals surface area contributed by atoms with E-state index in [0.29, 0.717) is 28.3 Å². The zero-order valence-electron chi connectivity index (χ0n) is 16.4. The minimum atomic E-state index is -0.442. The Morgan fingerprint density at radius 1 is 1.00 bits per heavy atom. The maximum Gasteiger partial charge on any atom is 0.261 e. The molecule has 0 saturated heterocycles. The third kappa shape index (κ3) is 4.29. The van der Waals surface area contributed by atoms with Gasteiger partial charge < -0.3 is 9.73 Å². The van der Waals surface area contributed by atoms with Gasteiger partial charge in [0, 0.05) is 24.4 Å². The van der Waals surface area contributed by atoms with E-state index in [2.05, 4.69) is 10.6 Å². The van der Waals surface area contributed by atoms with Crippen LogP contribution in [0.2, 0.25) is 0 Å². The third-order valence-corrected chi connectivity index (χ3v) is 4.87. The van der Waals surface area contributed by atoms with Gasteiger partial charge in [-0.15, -0.1) is 0 Å². The number of nitrogens with zero attached hydrogens (tertiary/aromatic N) is 1. The van der Waals surface area contributed by atoms with Gasteiger partial charge in [-0.05, 0) is 48.6 Å². The lowest BCUT2D eigenvalue weighted by Gasteiger charge is -2.08. The van der Waals surface area contributed by atoms with Crippen LogP contribution in [-0.4, -0.2) is 34.8 Å². The minimum absolute atomic E-state index is 0.0594. The molecule has 154 valence electrons. The zero-order chi connectivity index (χ0) is 22.0. The van der Waals surface area contributed by atoms with E-state index in [1.54, 1.807) is 24.3 Å². The summed E-state index contributed by atoms with van der Waals surface area (Å²) in [5, 5.41) is 5.42. The standard InChI is InChI=1S/C23H17N3O4S/c1-26-21(28)17-10-7-15(13-18(17)22(26)29)24-23(31)25-20(27)12-9-16-8-11-19(30-16)14-5-3-2-4-6-14/h2-13H,1H3,(H2,24,25,27,31)/b12-9+. The lowest BCUT2D eigenvalue weighted by Crippen LogP contribution is -2.32. The van der Waals surface area contributed by atoms with Crippen molar-refractivity contribution < 1.29 is 18.8 Å². The van der Waals surface area contributed by atoms with Crippen LogP contribution in [0.3, 0.4) is 0 Å². The zero-order valence-corrected chi connectivity index (χ0v) is 17.2. The number of anilines is 1. The highest BCUT2D eigenvalue weighted by atomic mass is 32.1. The molecule has 7 nitrogen and oxygen atoms in total. The lowest BCUT2D eigenvalue weighted by molar-refractivity contribution is -0.115. The first-order valence-corrected chi connectivity index (χ1v) is 9.75. The number of furan rings is 1. The molecule has 0 bridgehead atoms. The molecular formula is C23H17N3O4S. The fourth-order valence-corrected chi connectivity index (χ4v) is 3.33. The van der Waals surface area contributed by atoms with Gasteiger partial charge in [0.15, 0.2) is 5.11 Å². The first kappa shape index (κ1) is 20.2. The van der Waals surface area contributed by atoms with Crippen LogP contribution in [0.4, 0.5) is 5.69 Å². The Balaban J connectivity index is 1.36. The number of nitrogens with one attached hydrogen (secondary N) is 2. The van der Waals surface area contributed by atoms with Crippen LogP contribution in [0.25, 0.3) is 17.4 Å². The van der Waals surface area contributed by atoms with Gasteiger partial charge in [-0.1, -0.05) is 30.3 Å². The number of thiocarbonyl (C=S) groups is 1. The van der Waals surface area contributed by atoms with Crippen molar-refractivity contribution in [3.05, 3.63) is 83.6 Å². The fraction of sp³-hybridized carbons (Fsp3) is 0.0435. The summed E-state index contributed by atoms with van der Waals surface area (Å²) >= 11 is 5.15. The van der Waals surface area contributed by atoms with Crippen molar-refractivity contribution in [3.63, 3.8) is 0 Å². The molecule has 2 heterocycles. The summed E-state index contributed by atoms with van der Waals surface area (Å²) in [6.45, 7) is 0. The third-order valence-electron chi connectivity index (χ3n) is 4.67. The van der Waals surface area contributed by atoms with E-state index in [1.165, 1.54) is 19.2 Å². The Morgan fingerprint density at radius 2 is 1.74 bits per heavy atom. The molecule has 2 aromatic carbocycles. The molecule has 0 saturated carbocycles. The van der Waals surface area contributed by atoms with Crippen molar-refractivity contribution in [2.45, 2.75) is 0 Å². The van der Waals surface area contributed by atoms with Crippen molar-refractivity contribution in [2.24, 2.45) is 0 Å². The smallest absolute Gasteiger partial charge is 0.261 e. The van der Waals surface area contributed by atoms with Crippen molar-refractivity contribution >= 4 is 46.8 Å². The number of hydrogen-bond acceptors (Lipinski definition) is 5. The van der Waals surface area contributed by atoms with Gasteiger partial charge >= 0.3 is 0 Å². The van der Waals surface area contributed by atoms with Crippen LogP contribution < -0.4 is 10.6 Å². The van der Waals surface area contributed by atoms with Gasteiger partial charge in [0.2, 0.25) is 5.91 Å². The molecule has 0 unspecified atom stereocenters. The van der Waals surface area contributed by atoms with Crippen LogP contribution in [0.15, 0.2) is 71.2 Å². The SMILES string of the molecule is CN1C(=O)c2ccc(NC(=S)NC(=O)/C=C/c3ccc(-c4ccccc4)o3)cc2C1=O.